The van der Waals surface area contributed by atoms with E-state index in [0.29, 0.717) is 22.0 Å². The molecule has 0 aliphatic rings. The fraction of sp³-hybridized carbons (Fsp3) is 0.238. The maximum absolute atomic E-state index is 13.1. The molecule has 148 valence electrons. The van der Waals surface area contributed by atoms with Crippen molar-refractivity contribution in [2.24, 2.45) is 7.05 Å². The molecule has 4 rings (SSSR count). The van der Waals surface area contributed by atoms with Gasteiger partial charge in [-0.05, 0) is 43.2 Å². The van der Waals surface area contributed by atoms with Crippen molar-refractivity contribution >= 4 is 33.4 Å². The summed E-state index contributed by atoms with van der Waals surface area (Å²) in [5.41, 5.74) is 4.27. The second kappa shape index (κ2) is 7.36. The molecular weight excluding hydrogens is 389 g/mol. The number of hydrogen-bond acceptors (Lipinski definition) is 5. The summed E-state index contributed by atoms with van der Waals surface area (Å²) in [6.07, 6.45) is 0. The Morgan fingerprint density at radius 1 is 1.21 bits per heavy atom. The summed E-state index contributed by atoms with van der Waals surface area (Å²) in [4.78, 5) is 22.2. The van der Waals surface area contributed by atoms with Crippen LogP contribution in [0.15, 0.2) is 35.7 Å². The first kappa shape index (κ1) is 19.2. The van der Waals surface area contributed by atoms with Crippen LogP contribution in [-0.4, -0.2) is 25.7 Å². The number of aryl methyl sites for hydroxylation is 2. The number of nitrogens with zero attached hydrogens (tertiary/aromatic N) is 4. The molecule has 6 nitrogen and oxygen atoms in total. The van der Waals surface area contributed by atoms with Crippen molar-refractivity contribution in [3.05, 3.63) is 58.5 Å². The number of amides is 1. The predicted molar refractivity (Wildman–Crippen MR) is 113 cm³/mol. The van der Waals surface area contributed by atoms with E-state index in [9.17, 15) is 9.18 Å². The third kappa shape index (κ3) is 3.63. The van der Waals surface area contributed by atoms with Gasteiger partial charge >= 0.3 is 0 Å². The van der Waals surface area contributed by atoms with Gasteiger partial charge in [0.25, 0.3) is 5.91 Å². The van der Waals surface area contributed by atoms with Crippen LogP contribution < -0.4 is 5.32 Å². The molecular formula is C21H20FN5OS. The Morgan fingerprint density at radius 3 is 2.62 bits per heavy atom. The molecule has 1 aromatic carbocycles. The normalized spacial score (nSPS) is 11.4. The SMILES string of the molecule is Cc1nn(C)c2nc(C(C)C)cc(C(=O)Nc3nc(-c4ccc(F)cc4)cs3)c12. The Morgan fingerprint density at radius 2 is 1.93 bits per heavy atom. The fourth-order valence-corrected chi connectivity index (χ4v) is 3.90. The van der Waals surface area contributed by atoms with E-state index < -0.39 is 0 Å². The first-order valence-corrected chi connectivity index (χ1v) is 10.1. The molecule has 0 aliphatic heterocycles. The van der Waals surface area contributed by atoms with Gasteiger partial charge in [-0.25, -0.2) is 14.4 Å². The first-order valence-electron chi connectivity index (χ1n) is 9.20. The van der Waals surface area contributed by atoms with Crippen molar-refractivity contribution < 1.29 is 9.18 Å². The molecule has 0 saturated heterocycles. The minimum Gasteiger partial charge on any atom is -0.298 e. The molecule has 0 bridgehead atoms. The summed E-state index contributed by atoms with van der Waals surface area (Å²) in [5.74, 6) is -0.381. The minimum absolute atomic E-state index is 0.172. The smallest absolute Gasteiger partial charge is 0.258 e. The van der Waals surface area contributed by atoms with Gasteiger partial charge < -0.3 is 0 Å². The van der Waals surface area contributed by atoms with Gasteiger partial charge in [0.05, 0.1) is 22.3 Å². The minimum atomic E-state index is -0.299. The molecule has 8 heteroatoms. The molecule has 29 heavy (non-hydrogen) atoms. The predicted octanol–water partition coefficient (Wildman–Crippen LogP) is 4.92. The highest BCUT2D eigenvalue weighted by molar-refractivity contribution is 7.14. The zero-order chi connectivity index (χ0) is 20.7. The van der Waals surface area contributed by atoms with Gasteiger partial charge in [0.1, 0.15) is 5.82 Å². The van der Waals surface area contributed by atoms with Gasteiger partial charge in [0.15, 0.2) is 10.8 Å². The van der Waals surface area contributed by atoms with Crippen LogP contribution in [0, 0.1) is 12.7 Å². The van der Waals surface area contributed by atoms with Gasteiger partial charge in [0.2, 0.25) is 0 Å². The van der Waals surface area contributed by atoms with E-state index in [1.165, 1.54) is 23.5 Å². The maximum Gasteiger partial charge on any atom is 0.258 e. The van der Waals surface area contributed by atoms with Crippen LogP contribution in [0.5, 0.6) is 0 Å². The van der Waals surface area contributed by atoms with Crippen molar-refractivity contribution in [3.8, 4) is 11.3 Å². The number of anilines is 1. The highest BCUT2D eigenvalue weighted by atomic mass is 32.1. The lowest BCUT2D eigenvalue weighted by Crippen LogP contribution is -2.14. The first-order chi connectivity index (χ1) is 13.8. The van der Waals surface area contributed by atoms with Crippen LogP contribution in [0.2, 0.25) is 0 Å². The largest absolute Gasteiger partial charge is 0.298 e. The molecule has 0 radical (unpaired) electrons. The average molecular weight is 409 g/mol. The molecule has 0 atom stereocenters. The van der Waals surface area contributed by atoms with E-state index >= 15 is 0 Å². The van der Waals surface area contributed by atoms with Crippen LogP contribution in [0.4, 0.5) is 9.52 Å². The number of nitrogens with one attached hydrogen (secondary N) is 1. The molecule has 3 aromatic heterocycles. The lowest BCUT2D eigenvalue weighted by atomic mass is 10.0. The van der Waals surface area contributed by atoms with Crippen molar-refractivity contribution in [3.63, 3.8) is 0 Å². The number of rotatable bonds is 4. The summed E-state index contributed by atoms with van der Waals surface area (Å²) in [7, 11) is 1.82. The monoisotopic (exact) mass is 409 g/mol. The lowest BCUT2D eigenvalue weighted by Gasteiger charge is -2.10. The Labute approximate surface area is 171 Å². The maximum atomic E-state index is 13.1. The van der Waals surface area contributed by atoms with Crippen LogP contribution in [0.25, 0.3) is 22.3 Å². The molecule has 0 unspecified atom stereocenters. The Hall–Kier alpha value is -3.13. The second-order valence-electron chi connectivity index (χ2n) is 7.16. The van der Waals surface area contributed by atoms with Crippen LogP contribution in [-0.2, 0) is 7.05 Å². The van der Waals surface area contributed by atoms with Gasteiger partial charge in [-0.3, -0.25) is 14.8 Å². The molecule has 0 spiro atoms. The topological polar surface area (TPSA) is 72.7 Å². The van der Waals surface area contributed by atoms with Gasteiger partial charge in [0, 0.05) is 23.7 Å². The molecule has 0 fully saturated rings. The van der Waals surface area contributed by atoms with Crippen molar-refractivity contribution in [1.29, 1.82) is 0 Å². The number of benzene rings is 1. The van der Waals surface area contributed by atoms with Gasteiger partial charge in [-0.2, -0.15) is 5.10 Å². The quantitative estimate of drug-likeness (QED) is 0.519. The van der Waals surface area contributed by atoms with E-state index in [1.807, 2.05) is 39.3 Å². The third-order valence-corrected chi connectivity index (χ3v) is 5.45. The average Bonchev–Trinajstić information content (AvgIpc) is 3.26. The third-order valence-electron chi connectivity index (χ3n) is 4.69. The van der Waals surface area contributed by atoms with E-state index in [-0.39, 0.29) is 17.6 Å². The van der Waals surface area contributed by atoms with E-state index in [2.05, 4.69) is 20.4 Å². The second-order valence-corrected chi connectivity index (χ2v) is 8.01. The standard InChI is InChI=1S/C21H20FN5OS/c1-11(2)16-9-15(18-12(3)26-27(4)19(18)23-16)20(28)25-21-24-17(10-29-21)13-5-7-14(22)8-6-13/h5-11H,1-4H3,(H,24,25,28). The van der Waals surface area contributed by atoms with E-state index in [0.717, 1.165) is 22.3 Å². The van der Waals surface area contributed by atoms with E-state index in [1.54, 1.807) is 16.8 Å². The lowest BCUT2D eigenvalue weighted by molar-refractivity contribution is 0.102. The fourth-order valence-electron chi connectivity index (χ4n) is 3.19. The van der Waals surface area contributed by atoms with E-state index in [4.69, 9.17) is 0 Å². The molecule has 0 aliphatic carbocycles. The zero-order valence-corrected chi connectivity index (χ0v) is 17.3. The number of halogens is 1. The number of thiazole rings is 1. The summed E-state index contributed by atoms with van der Waals surface area (Å²) in [6, 6.07) is 7.93. The summed E-state index contributed by atoms with van der Waals surface area (Å²) < 4.78 is 14.8. The van der Waals surface area contributed by atoms with Gasteiger partial charge in [-0.15, -0.1) is 11.3 Å². The number of fused-ring (bicyclic) bond motifs is 1. The van der Waals surface area contributed by atoms with Crippen LogP contribution in [0.3, 0.4) is 0 Å². The van der Waals surface area contributed by atoms with Gasteiger partial charge in [-0.1, -0.05) is 13.8 Å². The Bertz CT molecular complexity index is 1210. The van der Waals surface area contributed by atoms with Crippen LogP contribution >= 0.6 is 11.3 Å². The number of carbonyl (C=O) groups excluding carboxylic acids is 1. The number of carbonyl (C=O) groups is 1. The molecule has 1 amide bonds. The number of pyridine rings is 1. The van der Waals surface area contributed by atoms with Crippen molar-refractivity contribution in [2.45, 2.75) is 26.7 Å². The van der Waals surface area contributed by atoms with Crippen molar-refractivity contribution in [2.75, 3.05) is 5.32 Å². The highest BCUT2D eigenvalue weighted by Crippen LogP contribution is 2.28. The zero-order valence-electron chi connectivity index (χ0n) is 16.5. The number of hydrogen-bond donors (Lipinski definition) is 1. The molecule has 0 saturated carbocycles. The molecule has 4 aromatic rings. The van der Waals surface area contributed by atoms with Crippen LogP contribution in [0.1, 0.15) is 41.5 Å². The Kier molecular flexibility index (Phi) is 4.87. The summed E-state index contributed by atoms with van der Waals surface area (Å²) in [5, 5.41) is 10.4. The Balaban J connectivity index is 1.68. The highest BCUT2D eigenvalue weighted by Gasteiger charge is 2.20. The van der Waals surface area contributed by atoms with Crippen molar-refractivity contribution in [1.82, 2.24) is 19.7 Å². The molecule has 3 heterocycles. The molecule has 1 N–H and O–H groups in total. The summed E-state index contributed by atoms with van der Waals surface area (Å²) in [6.45, 7) is 5.94. The summed E-state index contributed by atoms with van der Waals surface area (Å²) >= 11 is 1.32. The number of aromatic nitrogens is 4.